The largest absolute Gasteiger partial charge is 0.495 e. The first-order valence-corrected chi connectivity index (χ1v) is 8.04. The molecular weight excluding hydrogens is 306 g/mol. The van der Waals surface area contributed by atoms with Crippen molar-refractivity contribution < 1.29 is 4.74 Å². The standard InChI is InChI=1S/C15H22ClN3OS/c1-3-6-18-7-9-19(10-8-18)15(21)17-13-11-12(16)4-5-14(13)20-2/h4-5,11H,3,6-10H2,1-2H3,(H,17,21). The van der Waals surface area contributed by atoms with E-state index in [1.807, 2.05) is 12.1 Å². The molecule has 0 bridgehead atoms. The summed E-state index contributed by atoms with van der Waals surface area (Å²) in [6.07, 6.45) is 1.20. The minimum Gasteiger partial charge on any atom is -0.495 e. The van der Waals surface area contributed by atoms with Gasteiger partial charge in [-0.2, -0.15) is 0 Å². The van der Waals surface area contributed by atoms with E-state index in [1.54, 1.807) is 13.2 Å². The summed E-state index contributed by atoms with van der Waals surface area (Å²) in [5, 5.41) is 4.64. The van der Waals surface area contributed by atoms with Gasteiger partial charge in [0.15, 0.2) is 5.11 Å². The van der Waals surface area contributed by atoms with Crippen LogP contribution in [0.5, 0.6) is 5.75 Å². The van der Waals surface area contributed by atoms with Crippen molar-refractivity contribution in [3.05, 3.63) is 23.2 Å². The second kappa shape index (κ2) is 7.82. The zero-order chi connectivity index (χ0) is 15.2. The number of hydrogen-bond donors (Lipinski definition) is 1. The first-order valence-electron chi connectivity index (χ1n) is 7.26. The molecule has 0 aromatic heterocycles. The molecule has 0 atom stereocenters. The van der Waals surface area contributed by atoms with Gasteiger partial charge < -0.3 is 15.0 Å². The van der Waals surface area contributed by atoms with Gasteiger partial charge in [0.05, 0.1) is 12.8 Å². The van der Waals surface area contributed by atoms with Gasteiger partial charge in [0, 0.05) is 31.2 Å². The van der Waals surface area contributed by atoms with E-state index in [1.165, 1.54) is 6.42 Å². The van der Waals surface area contributed by atoms with Crippen LogP contribution in [0.15, 0.2) is 18.2 Å². The Morgan fingerprint density at radius 2 is 2.05 bits per heavy atom. The topological polar surface area (TPSA) is 27.7 Å². The lowest BCUT2D eigenvalue weighted by atomic mass is 10.3. The van der Waals surface area contributed by atoms with Crippen LogP contribution in [0.25, 0.3) is 0 Å². The monoisotopic (exact) mass is 327 g/mol. The third-order valence-electron chi connectivity index (χ3n) is 3.60. The van der Waals surface area contributed by atoms with Crippen molar-refractivity contribution in [2.45, 2.75) is 13.3 Å². The van der Waals surface area contributed by atoms with Crippen LogP contribution in [0.4, 0.5) is 5.69 Å². The molecule has 1 aliphatic rings. The first-order chi connectivity index (χ1) is 10.1. The minimum absolute atomic E-state index is 0.661. The predicted molar refractivity (Wildman–Crippen MR) is 92.5 cm³/mol. The lowest BCUT2D eigenvalue weighted by Gasteiger charge is -2.36. The molecule has 1 N–H and O–H groups in total. The van der Waals surface area contributed by atoms with Gasteiger partial charge in [-0.1, -0.05) is 18.5 Å². The van der Waals surface area contributed by atoms with Crippen LogP contribution in [0.1, 0.15) is 13.3 Å². The molecule has 1 aromatic carbocycles. The molecule has 2 rings (SSSR count). The van der Waals surface area contributed by atoms with E-state index < -0.39 is 0 Å². The Morgan fingerprint density at radius 3 is 2.67 bits per heavy atom. The smallest absolute Gasteiger partial charge is 0.173 e. The number of halogens is 1. The molecule has 21 heavy (non-hydrogen) atoms. The lowest BCUT2D eigenvalue weighted by molar-refractivity contribution is 0.184. The SMILES string of the molecule is CCCN1CCN(C(=S)Nc2cc(Cl)ccc2OC)CC1. The van der Waals surface area contributed by atoms with E-state index in [0.717, 1.165) is 49.3 Å². The number of piperazine rings is 1. The van der Waals surface area contributed by atoms with Crippen molar-refractivity contribution >= 4 is 34.6 Å². The number of ether oxygens (including phenoxy) is 1. The number of methoxy groups -OCH3 is 1. The van der Waals surface area contributed by atoms with Gasteiger partial charge in [-0.3, -0.25) is 4.90 Å². The maximum Gasteiger partial charge on any atom is 0.173 e. The minimum atomic E-state index is 0.661. The molecule has 1 saturated heterocycles. The van der Waals surface area contributed by atoms with E-state index >= 15 is 0 Å². The summed E-state index contributed by atoms with van der Waals surface area (Å²) >= 11 is 11.5. The van der Waals surface area contributed by atoms with Gasteiger partial charge >= 0.3 is 0 Å². The molecule has 1 heterocycles. The van der Waals surface area contributed by atoms with Crippen molar-refractivity contribution in [3.63, 3.8) is 0 Å². The second-order valence-electron chi connectivity index (χ2n) is 5.10. The Bertz CT molecular complexity index is 490. The first kappa shape index (κ1) is 16.3. The van der Waals surface area contributed by atoms with E-state index in [2.05, 4.69) is 22.0 Å². The van der Waals surface area contributed by atoms with Crippen molar-refractivity contribution in [1.29, 1.82) is 0 Å². The Hall–Kier alpha value is -1.04. The van der Waals surface area contributed by atoms with Crippen molar-refractivity contribution in [2.24, 2.45) is 0 Å². The molecule has 1 aliphatic heterocycles. The third kappa shape index (κ3) is 4.46. The number of rotatable bonds is 4. The van der Waals surface area contributed by atoms with Gasteiger partial charge in [-0.25, -0.2) is 0 Å². The fourth-order valence-electron chi connectivity index (χ4n) is 2.46. The van der Waals surface area contributed by atoms with Crippen LogP contribution in [-0.4, -0.2) is 54.7 Å². The zero-order valence-corrected chi connectivity index (χ0v) is 14.1. The van der Waals surface area contributed by atoms with E-state index in [-0.39, 0.29) is 0 Å². The molecular formula is C15H22ClN3OS. The summed E-state index contributed by atoms with van der Waals surface area (Å²) in [6, 6.07) is 5.48. The van der Waals surface area contributed by atoms with Gasteiger partial charge in [-0.15, -0.1) is 0 Å². The van der Waals surface area contributed by atoms with E-state index in [4.69, 9.17) is 28.6 Å². The Balaban J connectivity index is 1.95. The molecule has 6 heteroatoms. The van der Waals surface area contributed by atoms with Crippen LogP contribution >= 0.6 is 23.8 Å². The summed E-state index contributed by atoms with van der Waals surface area (Å²) in [5.74, 6) is 0.742. The molecule has 1 aromatic rings. The highest BCUT2D eigenvalue weighted by Crippen LogP contribution is 2.28. The van der Waals surface area contributed by atoms with Crippen LogP contribution < -0.4 is 10.1 Å². The Morgan fingerprint density at radius 1 is 1.33 bits per heavy atom. The Labute approximate surface area is 137 Å². The maximum absolute atomic E-state index is 6.04. The van der Waals surface area contributed by atoms with Crippen LogP contribution in [0, 0.1) is 0 Å². The van der Waals surface area contributed by atoms with E-state index in [0.29, 0.717) is 5.02 Å². The lowest BCUT2D eigenvalue weighted by Crippen LogP contribution is -2.50. The fraction of sp³-hybridized carbons (Fsp3) is 0.533. The third-order valence-corrected chi connectivity index (χ3v) is 4.20. The molecule has 4 nitrogen and oxygen atoms in total. The molecule has 1 fully saturated rings. The molecule has 0 radical (unpaired) electrons. The quantitative estimate of drug-likeness (QED) is 0.858. The highest BCUT2D eigenvalue weighted by atomic mass is 35.5. The van der Waals surface area contributed by atoms with Crippen molar-refractivity contribution in [2.75, 3.05) is 45.2 Å². The number of hydrogen-bond acceptors (Lipinski definition) is 3. The molecule has 0 saturated carbocycles. The highest BCUT2D eigenvalue weighted by molar-refractivity contribution is 7.80. The van der Waals surface area contributed by atoms with Gasteiger partial charge in [0.25, 0.3) is 0 Å². The molecule has 0 amide bonds. The van der Waals surface area contributed by atoms with Crippen molar-refractivity contribution in [3.8, 4) is 5.75 Å². The number of nitrogens with one attached hydrogen (secondary N) is 1. The number of anilines is 1. The summed E-state index contributed by atoms with van der Waals surface area (Å²) in [7, 11) is 1.64. The number of benzene rings is 1. The number of nitrogens with zero attached hydrogens (tertiary/aromatic N) is 2. The number of thiocarbonyl (C=S) groups is 1. The predicted octanol–water partition coefficient (Wildman–Crippen LogP) is 3.07. The van der Waals surface area contributed by atoms with E-state index in [9.17, 15) is 0 Å². The van der Waals surface area contributed by atoms with Crippen LogP contribution in [-0.2, 0) is 0 Å². The van der Waals surface area contributed by atoms with Gasteiger partial charge in [0.2, 0.25) is 0 Å². The maximum atomic E-state index is 6.04. The molecule has 116 valence electrons. The van der Waals surface area contributed by atoms with Gasteiger partial charge in [0.1, 0.15) is 5.75 Å². The van der Waals surface area contributed by atoms with Crippen molar-refractivity contribution in [1.82, 2.24) is 9.80 Å². The average Bonchev–Trinajstić information content (AvgIpc) is 2.48. The second-order valence-corrected chi connectivity index (χ2v) is 5.93. The van der Waals surface area contributed by atoms with Crippen LogP contribution in [0.3, 0.4) is 0 Å². The summed E-state index contributed by atoms with van der Waals surface area (Å²) in [5.41, 5.74) is 0.811. The summed E-state index contributed by atoms with van der Waals surface area (Å²) in [6.45, 7) is 7.40. The summed E-state index contributed by atoms with van der Waals surface area (Å²) in [4.78, 5) is 4.67. The highest BCUT2D eigenvalue weighted by Gasteiger charge is 2.19. The van der Waals surface area contributed by atoms with Crippen LogP contribution in [0.2, 0.25) is 5.02 Å². The molecule has 0 unspecified atom stereocenters. The van der Waals surface area contributed by atoms with Gasteiger partial charge in [-0.05, 0) is 43.4 Å². The average molecular weight is 328 g/mol. The fourth-order valence-corrected chi connectivity index (χ4v) is 2.93. The Kier molecular flexibility index (Phi) is 6.08. The zero-order valence-electron chi connectivity index (χ0n) is 12.6. The molecule has 0 aliphatic carbocycles. The summed E-state index contributed by atoms with van der Waals surface area (Å²) < 4.78 is 5.33. The molecule has 0 spiro atoms. The normalized spacial score (nSPS) is 15.9.